The number of aromatic amines is 2. The molecule has 8 fully saturated rings. The highest BCUT2D eigenvalue weighted by atomic mass is 32.2. The molecule has 12 rings (SSSR count). The predicted octanol–water partition coefficient (Wildman–Crippen LogP) is -4.41. The first kappa shape index (κ1) is 107. The number of ketones is 2. The van der Waals surface area contributed by atoms with E-state index in [0.717, 1.165) is 42.2 Å². The van der Waals surface area contributed by atoms with Crippen LogP contribution in [0.1, 0.15) is 119 Å². The van der Waals surface area contributed by atoms with Crippen LogP contribution in [0.4, 0.5) is 0 Å². The molecule has 0 aliphatic carbocycles. The van der Waals surface area contributed by atoms with E-state index in [4.69, 9.17) is 11.5 Å². The Balaban J connectivity index is 1.01. The fourth-order valence-corrected chi connectivity index (χ4v) is 20.9. The number of hydrogen-bond acceptors (Lipinski definition) is 27. The van der Waals surface area contributed by atoms with Gasteiger partial charge in [-0.25, -0.2) is 0 Å². The number of rotatable bonds is 24. The zero-order valence-electron chi connectivity index (χ0n) is 78.5. The molecule has 4 aromatic rings. The van der Waals surface area contributed by atoms with Crippen LogP contribution in [-0.4, -0.2) is 365 Å². The number of nitrogens with two attached hydrogens (primary N) is 2. The van der Waals surface area contributed by atoms with E-state index in [1.807, 2.05) is 0 Å². The predicted molar refractivity (Wildman–Crippen MR) is 504 cm³/mol. The largest absolute Gasteiger partial charge is 0.481 e. The number of aliphatic hydroxyl groups is 1. The Morgan fingerprint density at radius 1 is 0.547 bits per heavy atom. The Labute approximate surface area is 803 Å². The highest BCUT2D eigenvalue weighted by Gasteiger charge is 2.69. The van der Waals surface area contributed by atoms with Crippen molar-refractivity contribution < 1.29 is 111 Å². The van der Waals surface area contributed by atoms with Gasteiger partial charge in [0.15, 0.2) is 11.6 Å². The first-order valence-corrected chi connectivity index (χ1v) is 49.0. The SMILES string of the molecule is CC(C)[C@@H]1NC(=O)[C@H](Cc2c[nH]c3ccccc23)NC(=O)[C@@H]2CSCC(=O)N3CC45CN(C[C@@]4(CN(C5)C(=O)CSC[C@H](NC(=O)[C@H](C)NC(C)(C)C(=O)CN(C)C(C)(C)C(=O)CCN)C(=O)N[C@@H]([C@@H](C)O)C(=O)N[C@@H](CCC(=O)O)C(=O)N2)C3)C(=O)CSC[C@@H](C(N)=O)NC(=O)[C@@H]2CCCN2C(=O)[C@H](C(C)C)NC(=O)[C@H](Cc2c[nH]c3ccccc23)NC(=O)CNC(=O)[C@H](CC(=O)O)NC1=O. The second-order valence-electron chi connectivity index (χ2n) is 37.8. The number of H-pyrrole nitrogens is 2. The smallest absolute Gasteiger partial charge is 0.305 e. The Morgan fingerprint density at radius 3 is 1.55 bits per heavy atom. The van der Waals surface area contributed by atoms with Crippen molar-refractivity contribution in [2.75, 3.05) is 107 Å². The fourth-order valence-electron chi connectivity index (χ4n) is 18.0. The minimum atomic E-state index is -2.04. The van der Waals surface area contributed by atoms with Crippen molar-refractivity contribution in [2.45, 2.75) is 210 Å². The number of benzene rings is 2. The maximum atomic E-state index is 15.6. The van der Waals surface area contributed by atoms with Crippen LogP contribution < -0.4 is 75.3 Å². The molecule has 2 aromatic heterocycles. The Bertz CT molecular complexity index is 5240. The van der Waals surface area contributed by atoms with Crippen LogP contribution in [0.5, 0.6) is 0 Å². The number of nitrogens with one attached hydrogen (secondary N) is 14. The van der Waals surface area contributed by atoms with E-state index in [-0.39, 0.29) is 101 Å². The second-order valence-corrected chi connectivity index (χ2v) is 40.9. The molecule has 44 nitrogen and oxygen atoms in total. The summed E-state index contributed by atoms with van der Waals surface area (Å²) in [6.07, 6.45) is -1.57. The van der Waals surface area contributed by atoms with Crippen LogP contribution in [0.15, 0.2) is 60.9 Å². The van der Waals surface area contributed by atoms with E-state index in [0.29, 0.717) is 39.4 Å². The number of Topliss-reactive ketones (excluding diaryl/α,β-unsaturated/α-hetero) is 2. The van der Waals surface area contributed by atoms with E-state index in [1.54, 1.807) is 109 Å². The van der Waals surface area contributed by atoms with Crippen molar-refractivity contribution in [3.05, 3.63) is 72.1 Å². The standard InChI is InChI=1S/C90H127N21O23S3/c1-46(2)72-84(132)99-59(29-71(121)122)77(125)95-32-66(115)96-57(27-50-30-93-54-19-14-12-17-52(50)54)79(127)104-73(47(3)4)86(134)111-26-16-21-63(111)83(131)100-60(75(92)123)34-135-37-67(116)108-40-89-42-109-43-90(89,41-108)45-110(44-89)69(118)39-137-36-62(101-76(124)48(5)106-87(7,8)65(114)33-107(11)88(9,10)64(113)24-25-91)82(130)105-74(49(6)112)85(133)97-56(22-23-70(119)120)78(126)102-61(35-136-38-68(109)117)81(129)98-58(80(128)103-72)28-51-31-94-55-20-15-13-18-53(51)55/h12-15,17-20,30-31,46-49,56-63,72-74,93-94,106,112H,16,21-29,32-45,91H2,1-11H3,(H2,92,123)(H,95,125)(H,96,115)(H,97,133)(H,98,129)(H,99,132)(H,100,131)(H,101,124)(H,102,126)(H,103,128)(H,104,127)(H,105,130)(H,119,120)(H,121,122)/t48-,49+,56-,57-,58-,59-,60-,61-,62-,63-,72-,73-,74-,89-,90?/m0/s1. The van der Waals surface area contributed by atoms with Crippen LogP contribution in [-0.2, 0) is 109 Å². The summed E-state index contributed by atoms with van der Waals surface area (Å²) in [6, 6.07) is -5.93. The summed E-state index contributed by atoms with van der Waals surface area (Å²) >= 11 is 2.65. The quantitative estimate of drug-likeness (QED) is 0.0295. The summed E-state index contributed by atoms with van der Waals surface area (Å²) in [4.78, 5) is 302. The highest BCUT2D eigenvalue weighted by Crippen LogP contribution is 2.57. The number of thioether (sulfide) groups is 3. The molecule has 21 N–H and O–H groups in total. The first-order chi connectivity index (χ1) is 64.6. The number of aliphatic hydroxyl groups excluding tert-OH is 1. The van der Waals surface area contributed by atoms with Gasteiger partial charge in [0.2, 0.25) is 94.5 Å². The molecular formula is C90H127N21O23S3. The molecule has 47 heteroatoms. The molecule has 16 amide bonds. The lowest BCUT2D eigenvalue weighted by atomic mass is 9.71. The number of aliphatic carboxylic acids is 2. The molecule has 15 atom stereocenters. The number of carboxylic acids is 2. The minimum Gasteiger partial charge on any atom is -0.481 e. The van der Waals surface area contributed by atoms with Gasteiger partial charge in [-0.05, 0) is 109 Å². The summed E-state index contributed by atoms with van der Waals surface area (Å²) in [5.41, 5.74) is 9.04. The summed E-state index contributed by atoms with van der Waals surface area (Å²) in [5, 5.41) is 64.0. The number of carboxylic acid groups (broad SMARTS) is 2. The summed E-state index contributed by atoms with van der Waals surface area (Å²) in [7, 11) is 1.58. The zero-order chi connectivity index (χ0) is 101. The molecule has 137 heavy (non-hydrogen) atoms. The third kappa shape index (κ3) is 26.8. The number of para-hydroxylation sites is 2. The van der Waals surface area contributed by atoms with Gasteiger partial charge >= 0.3 is 11.9 Å². The molecule has 8 saturated heterocycles. The minimum absolute atomic E-state index is 0.0258. The van der Waals surface area contributed by atoms with E-state index in [9.17, 15) is 92.0 Å². The van der Waals surface area contributed by atoms with E-state index < -0.39 is 274 Å². The first-order valence-electron chi connectivity index (χ1n) is 45.5. The van der Waals surface area contributed by atoms with E-state index >= 15 is 19.2 Å². The molecule has 0 radical (unpaired) electrons. The molecule has 748 valence electrons. The Hall–Kier alpha value is -11.8. The van der Waals surface area contributed by atoms with Crippen LogP contribution in [0.3, 0.4) is 0 Å². The number of aromatic nitrogens is 2. The maximum absolute atomic E-state index is 15.6. The maximum Gasteiger partial charge on any atom is 0.305 e. The van der Waals surface area contributed by atoms with Crippen molar-refractivity contribution in [1.82, 2.24) is 98.3 Å². The van der Waals surface area contributed by atoms with Gasteiger partial charge in [0.25, 0.3) is 0 Å². The lowest BCUT2D eigenvalue weighted by molar-refractivity contribution is -0.143. The van der Waals surface area contributed by atoms with E-state index in [1.165, 1.54) is 45.7 Å². The number of amides is 16. The number of nitrogens with zero attached hydrogens (tertiary/aromatic N) is 5. The highest BCUT2D eigenvalue weighted by molar-refractivity contribution is 8.00. The van der Waals surface area contributed by atoms with Gasteiger partial charge in [0.1, 0.15) is 66.5 Å². The monoisotopic (exact) mass is 1970 g/mol. The number of hydrogen-bond donors (Lipinski definition) is 19. The number of likely N-dealkylation sites (N-methyl/N-ethyl adjacent to an activating group) is 1. The Morgan fingerprint density at radius 2 is 1.04 bits per heavy atom. The third-order valence-corrected chi connectivity index (χ3v) is 29.3. The van der Waals surface area contributed by atoms with Gasteiger partial charge in [0, 0.05) is 134 Å². The average Bonchev–Trinajstić information content (AvgIpc) is 1.52. The zero-order valence-corrected chi connectivity index (χ0v) is 81.0. The normalized spacial score (nSPS) is 26.5. The molecule has 8 aliphatic heterocycles. The Kier molecular flexibility index (Phi) is 36.5. The number of carbonyl (C=O) groups excluding carboxylic acids is 18. The van der Waals surface area contributed by atoms with E-state index in [2.05, 4.69) is 73.8 Å². The van der Waals surface area contributed by atoms with Crippen LogP contribution in [0, 0.1) is 22.7 Å². The second kappa shape index (κ2) is 46.6. The molecule has 8 aliphatic rings. The fraction of sp³-hybridized carbons (Fsp3) is 0.600. The van der Waals surface area contributed by atoms with Gasteiger partial charge < -0.3 is 115 Å². The van der Waals surface area contributed by atoms with Crippen LogP contribution in [0.25, 0.3) is 21.8 Å². The van der Waals surface area contributed by atoms with Gasteiger partial charge in [-0.3, -0.25) is 106 Å². The molecule has 2 spiro atoms. The number of primary amides is 1. The van der Waals surface area contributed by atoms with Crippen molar-refractivity contribution in [1.29, 1.82) is 0 Å². The van der Waals surface area contributed by atoms with Crippen molar-refractivity contribution >= 4 is 175 Å². The molecular weight excluding hydrogens is 1840 g/mol. The molecule has 2 aromatic carbocycles. The summed E-state index contributed by atoms with van der Waals surface area (Å²) < 4.78 is 0. The lowest BCUT2D eigenvalue weighted by Crippen LogP contribution is -2.63. The third-order valence-electron chi connectivity index (χ3n) is 26.2. The molecule has 10 heterocycles. The van der Waals surface area contributed by atoms with Crippen LogP contribution >= 0.6 is 35.3 Å². The summed E-state index contributed by atoms with van der Waals surface area (Å²) in [6.45, 7) is 13.5. The topological polar surface area (TPSA) is 646 Å². The average molecular weight is 1970 g/mol. The van der Waals surface area contributed by atoms with Crippen molar-refractivity contribution in [3.8, 4) is 0 Å². The lowest BCUT2D eigenvalue weighted by Gasteiger charge is -2.37. The molecule has 1 unspecified atom stereocenters. The van der Waals surface area contributed by atoms with Crippen LogP contribution in [0.2, 0.25) is 0 Å². The molecule has 0 saturated carbocycles. The van der Waals surface area contributed by atoms with Crippen molar-refractivity contribution in [2.24, 2.45) is 34.1 Å². The van der Waals surface area contributed by atoms with Gasteiger partial charge in [-0.2, -0.15) is 0 Å². The molecule has 6 bridgehead atoms. The number of carbonyl (C=O) groups is 20. The van der Waals surface area contributed by atoms with Gasteiger partial charge in [-0.15, -0.1) is 35.3 Å². The van der Waals surface area contributed by atoms with Gasteiger partial charge in [-0.1, -0.05) is 64.1 Å². The van der Waals surface area contributed by atoms with Gasteiger partial charge in [0.05, 0.1) is 60.0 Å². The number of fused-ring (bicyclic) bond motifs is 38. The summed E-state index contributed by atoms with van der Waals surface area (Å²) in [5.74, 6) is -22.8. The van der Waals surface area contributed by atoms with Crippen molar-refractivity contribution in [3.63, 3.8) is 0 Å².